The first-order chi connectivity index (χ1) is 18.5. The quantitative estimate of drug-likeness (QED) is 0.225. The van der Waals surface area contributed by atoms with E-state index in [1.165, 1.54) is 4.40 Å². The van der Waals surface area contributed by atoms with Crippen LogP contribution in [0.2, 0.25) is 0 Å². The Bertz CT molecular complexity index is 1790. The average molecular weight is 525 g/mol. The molecule has 0 aliphatic carbocycles. The average Bonchev–Trinajstić information content (AvgIpc) is 3.24. The van der Waals surface area contributed by atoms with Crippen molar-refractivity contribution in [2.75, 3.05) is 0 Å². The number of nitrogens with one attached hydrogen (secondary N) is 1. The largest absolute Gasteiger partial charge is 0.459 e. The summed E-state index contributed by atoms with van der Waals surface area (Å²) in [4.78, 5) is 42.2. The standard InChI is InChI=1S/C32H32N2O5/c1-18-12-14-22(15-13-18)25-23-16-19(2)34-27(23)26(33-29(35)30(34)36)20(3)24(25)28(39-32(4,5)6)31(37)38-17-21-10-8-7-9-11-21/h7-16,28H,17H2,1-6H3,(H,33,35)/t28-/m0/s1. The van der Waals surface area contributed by atoms with Gasteiger partial charge in [0.05, 0.1) is 16.6 Å². The molecular formula is C32H32N2O5. The first kappa shape index (κ1) is 26.4. The molecule has 2 aromatic heterocycles. The van der Waals surface area contributed by atoms with Crippen LogP contribution in [0.25, 0.3) is 27.5 Å². The van der Waals surface area contributed by atoms with E-state index >= 15 is 0 Å². The lowest BCUT2D eigenvalue weighted by molar-refractivity contribution is -0.168. The Labute approximate surface area is 226 Å². The molecule has 39 heavy (non-hydrogen) atoms. The molecule has 0 radical (unpaired) electrons. The number of nitrogens with zero attached hydrogens (tertiary/aromatic N) is 1. The van der Waals surface area contributed by atoms with Gasteiger partial charge in [0.15, 0.2) is 6.10 Å². The maximum Gasteiger partial charge on any atom is 0.340 e. The summed E-state index contributed by atoms with van der Waals surface area (Å²) in [5.41, 5.74) is 4.51. The van der Waals surface area contributed by atoms with Crippen molar-refractivity contribution >= 4 is 22.4 Å². The molecule has 7 heteroatoms. The third kappa shape index (κ3) is 4.86. The summed E-state index contributed by atoms with van der Waals surface area (Å²) in [5, 5.41) is 0.749. The highest BCUT2D eigenvalue weighted by Crippen LogP contribution is 2.43. The number of hydrogen-bond donors (Lipinski definition) is 1. The van der Waals surface area contributed by atoms with Gasteiger partial charge in [-0.3, -0.25) is 14.0 Å². The molecule has 0 saturated heterocycles. The number of carbonyl (C=O) groups excluding carboxylic acids is 1. The lowest BCUT2D eigenvalue weighted by Crippen LogP contribution is -2.33. The number of aryl methyl sites for hydroxylation is 3. The van der Waals surface area contributed by atoms with Crippen molar-refractivity contribution in [3.8, 4) is 11.1 Å². The number of rotatable bonds is 6. The predicted octanol–water partition coefficient (Wildman–Crippen LogP) is 5.77. The lowest BCUT2D eigenvalue weighted by Gasteiger charge is -2.30. The summed E-state index contributed by atoms with van der Waals surface area (Å²) in [6, 6.07) is 19.4. The molecule has 2 heterocycles. The highest BCUT2D eigenvalue weighted by molar-refractivity contribution is 6.08. The Hall–Kier alpha value is -4.23. The van der Waals surface area contributed by atoms with Gasteiger partial charge in [-0.15, -0.1) is 0 Å². The summed E-state index contributed by atoms with van der Waals surface area (Å²) in [6.45, 7) is 11.4. The zero-order valence-corrected chi connectivity index (χ0v) is 23.0. The number of aromatic amines is 1. The molecule has 1 N–H and O–H groups in total. The molecule has 7 nitrogen and oxygen atoms in total. The van der Waals surface area contributed by atoms with E-state index in [9.17, 15) is 14.4 Å². The summed E-state index contributed by atoms with van der Waals surface area (Å²) in [7, 11) is 0. The first-order valence-electron chi connectivity index (χ1n) is 13.0. The molecule has 0 unspecified atom stereocenters. The molecule has 0 aliphatic heterocycles. The Kier molecular flexibility index (Phi) is 6.64. The van der Waals surface area contributed by atoms with E-state index < -0.39 is 28.8 Å². The molecule has 0 amide bonds. The molecule has 0 spiro atoms. The second kappa shape index (κ2) is 9.82. The van der Waals surface area contributed by atoms with Crippen molar-refractivity contribution in [2.45, 2.75) is 59.9 Å². The smallest absolute Gasteiger partial charge is 0.340 e. The van der Waals surface area contributed by atoms with Gasteiger partial charge in [0.1, 0.15) is 6.61 Å². The van der Waals surface area contributed by atoms with Crippen molar-refractivity contribution in [3.63, 3.8) is 0 Å². The van der Waals surface area contributed by atoms with Gasteiger partial charge >= 0.3 is 17.1 Å². The maximum absolute atomic E-state index is 13.8. The van der Waals surface area contributed by atoms with E-state index in [0.717, 1.165) is 27.6 Å². The molecule has 5 aromatic rings. The Balaban J connectivity index is 1.82. The van der Waals surface area contributed by atoms with Gasteiger partial charge in [0.25, 0.3) is 0 Å². The van der Waals surface area contributed by atoms with Gasteiger partial charge < -0.3 is 14.5 Å². The number of H-pyrrole nitrogens is 1. The molecule has 0 fully saturated rings. The van der Waals surface area contributed by atoms with Crippen LogP contribution < -0.4 is 11.1 Å². The number of carbonyl (C=O) groups is 1. The normalized spacial score (nSPS) is 12.8. The van der Waals surface area contributed by atoms with Gasteiger partial charge in [0, 0.05) is 16.6 Å². The molecule has 5 rings (SSSR count). The maximum atomic E-state index is 13.8. The van der Waals surface area contributed by atoms with Crippen molar-refractivity contribution in [1.29, 1.82) is 0 Å². The SMILES string of the molecule is Cc1ccc(-c2c([C@H](OC(C)(C)C)C(=O)OCc3ccccc3)c(C)c3[nH]c(=O)c(=O)n4c(C)cc2c34)cc1. The molecular weight excluding hydrogens is 492 g/mol. The van der Waals surface area contributed by atoms with Crippen LogP contribution in [0.4, 0.5) is 0 Å². The summed E-state index contributed by atoms with van der Waals surface area (Å²) < 4.78 is 13.7. The van der Waals surface area contributed by atoms with Crippen molar-refractivity contribution in [2.24, 2.45) is 0 Å². The fraction of sp³-hybridized carbons (Fsp3) is 0.281. The van der Waals surface area contributed by atoms with Crippen LogP contribution in [0.5, 0.6) is 0 Å². The predicted molar refractivity (Wildman–Crippen MR) is 152 cm³/mol. The molecule has 0 saturated carbocycles. The monoisotopic (exact) mass is 524 g/mol. The minimum absolute atomic E-state index is 0.0956. The van der Waals surface area contributed by atoms with Gasteiger partial charge in [-0.2, -0.15) is 0 Å². The summed E-state index contributed by atoms with van der Waals surface area (Å²) in [5.74, 6) is -0.536. The molecule has 0 aliphatic rings. The van der Waals surface area contributed by atoms with Crippen molar-refractivity contribution in [1.82, 2.24) is 9.38 Å². The Morgan fingerprint density at radius 3 is 2.28 bits per heavy atom. The third-order valence-electron chi connectivity index (χ3n) is 6.89. The molecule has 0 bridgehead atoms. The first-order valence-corrected chi connectivity index (χ1v) is 13.0. The zero-order chi connectivity index (χ0) is 28.1. The number of esters is 1. The van der Waals surface area contributed by atoms with E-state index in [4.69, 9.17) is 9.47 Å². The third-order valence-corrected chi connectivity index (χ3v) is 6.89. The Morgan fingerprint density at radius 1 is 0.974 bits per heavy atom. The minimum Gasteiger partial charge on any atom is -0.459 e. The van der Waals surface area contributed by atoms with Crippen molar-refractivity contribution in [3.05, 3.63) is 109 Å². The fourth-order valence-corrected chi connectivity index (χ4v) is 5.15. The van der Waals surface area contributed by atoms with E-state index in [1.54, 1.807) is 6.92 Å². The minimum atomic E-state index is -1.09. The van der Waals surface area contributed by atoms with E-state index in [0.29, 0.717) is 27.9 Å². The van der Waals surface area contributed by atoms with Crippen LogP contribution in [-0.4, -0.2) is 21.0 Å². The van der Waals surface area contributed by atoms with Crippen LogP contribution in [-0.2, 0) is 20.9 Å². The van der Waals surface area contributed by atoms with Crippen LogP contribution >= 0.6 is 0 Å². The number of ether oxygens (including phenoxy) is 2. The molecule has 200 valence electrons. The Morgan fingerprint density at radius 2 is 1.64 bits per heavy atom. The molecule has 3 aromatic carbocycles. The summed E-state index contributed by atoms with van der Waals surface area (Å²) in [6.07, 6.45) is -1.09. The highest BCUT2D eigenvalue weighted by atomic mass is 16.6. The number of benzene rings is 3. The van der Waals surface area contributed by atoms with Gasteiger partial charge in [0.2, 0.25) is 0 Å². The second-order valence-corrected chi connectivity index (χ2v) is 11.0. The van der Waals surface area contributed by atoms with Gasteiger partial charge in [-0.1, -0.05) is 60.2 Å². The molecule has 1 atom stereocenters. The summed E-state index contributed by atoms with van der Waals surface area (Å²) >= 11 is 0. The van der Waals surface area contributed by atoms with Crippen LogP contribution in [0.1, 0.15) is 54.8 Å². The van der Waals surface area contributed by atoms with E-state index in [-0.39, 0.29) is 6.61 Å². The lowest BCUT2D eigenvalue weighted by atomic mass is 9.88. The second-order valence-electron chi connectivity index (χ2n) is 11.0. The van der Waals surface area contributed by atoms with E-state index in [1.807, 2.05) is 95.3 Å². The van der Waals surface area contributed by atoms with Gasteiger partial charge in [-0.25, -0.2) is 4.79 Å². The van der Waals surface area contributed by atoms with Crippen molar-refractivity contribution < 1.29 is 14.3 Å². The van der Waals surface area contributed by atoms with Crippen LogP contribution in [0.3, 0.4) is 0 Å². The number of hydrogen-bond acceptors (Lipinski definition) is 5. The van der Waals surface area contributed by atoms with E-state index in [2.05, 4.69) is 4.98 Å². The topological polar surface area (TPSA) is 89.9 Å². The fourth-order valence-electron chi connectivity index (χ4n) is 5.15. The highest BCUT2D eigenvalue weighted by Gasteiger charge is 2.35. The van der Waals surface area contributed by atoms with Gasteiger partial charge in [-0.05, 0) is 69.9 Å². The zero-order valence-electron chi connectivity index (χ0n) is 23.0. The number of aromatic nitrogens is 2. The van der Waals surface area contributed by atoms with Crippen LogP contribution in [0, 0.1) is 20.8 Å². The van der Waals surface area contributed by atoms with Crippen LogP contribution in [0.15, 0.2) is 70.3 Å².